The summed E-state index contributed by atoms with van der Waals surface area (Å²) in [4.78, 5) is 12.6. The van der Waals surface area contributed by atoms with Gasteiger partial charge in [-0.3, -0.25) is 10.1 Å². The van der Waals surface area contributed by atoms with Crippen LogP contribution < -0.4 is 10.6 Å². The van der Waals surface area contributed by atoms with Crippen molar-refractivity contribution in [2.75, 3.05) is 5.32 Å². The molecule has 3 rings (SSSR count). The highest BCUT2D eigenvalue weighted by Gasteiger charge is 2.13. The standard InChI is InChI=1S/C18H12Cl2N2O2S/c19-10-7-8-16(23)15(9-10)21-18(25)22-17(24)13-5-1-4-12-11(13)3-2-6-14(12)20/h1-9,23H,(H2,21,22,24,25). The van der Waals surface area contributed by atoms with Crippen molar-refractivity contribution in [1.29, 1.82) is 0 Å². The van der Waals surface area contributed by atoms with E-state index >= 15 is 0 Å². The van der Waals surface area contributed by atoms with Gasteiger partial charge in [-0.15, -0.1) is 0 Å². The third-order valence-electron chi connectivity index (χ3n) is 3.55. The number of anilines is 1. The molecule has 0 radical (unpaired) electrons. The molecule has 4 nitrogen and oxygen atoms in total. The van der Waals surface area contributed by atoms with Gasteiger partial charge in [0.05, 0.1) is 5.69 Å². The zero-order chi connectivity index (χ0) is 18.0. The fourth-order valence-corrected chi connectivity index (χ4v) is 3.01. The summed E-state index contributed by atoms with van der Waals surface area (Å²) in [6.45, 7) is 0. The van der Waals surface area contributed by atoms with E-state index in [-0.39, 0.29) is 16.8 Å². The van der Waals surface area contributed by atoms with Crippen molar-refractivity contribution in [2.45, 2.75) is 0 Å². The van der Waals surface area contributed by atoms with Crippen LogP contribution in [0.1, 0.15) is 10.4 Å². The number of phenols is 1. The minimum atomic E-state index is -0.383. The molecule has 0 saturated heterocycles. The summed E-state index contributed by atoms with van der Waals surface area (Å²) in [7, 11) is 0. The van der Waals surface area contributed by atoms with Crippen LogP contribution in [-0.4, -0.2) is 16.1 Å². The van der Waals surface area contributed by atoms with E-state index in [4.69, 9.17) is 35.4 Å². The Balaban J connectivity index is 1.82. The summed E-state index contributed by atoms with van der Waals surface area (Å²) >= 11 is 17.2. The van der Waals surface area contributed by atoms with Gasteiger partial charge in [0, 0.05) is 21.0 Å². The first-order chi connectivity index (χ1) is 12.0. The predicted octanol–water partition coefficient (Wildman–Crippen LogP) is 4.98. The number of phenolic OH excluding ortho intramolecular Hbond substituents is 1. The number of aromatic hydroxyl groups is 1. The zero-order valence-electron chi connectivity index (χ0n) is 12.7. The molecule has 0 aliphatic carbocycles. The monoisotopic (exact) mass is 390 g/mol. The van der Waals surface area contributed by atoms with Gasteiger partial charge >= 0.3 is 0 Å². The molecule has 0 fully saturated rings. The Hall–Kier alpha value is -2.34. The second-order valence-electron chi connectivity index (χ2n) is 5.21. The van der Waals surface area contributed by atoms with Crippen LogP contribution in [0.15, 0.2) is 54.6 Å². The van der Waals surface area contributed by atoms with Crippen molar-refractivity contribution in [3.63, 3.8) is 0 Å². The zero-order valence-corrected chi connectivity index (χ0v) is 15.0. The average Bonchev–Trinajstić information content (AvgIpc) is 2.58. The molecule has 7 heteroatoms. The lowest BCUT2D eigenvalue weighted by Crippen LogP contribution is -2.34. The minimum Gasteiger partial charge on any atom is -0.506 e. The molecule has 0 aromatic heterocycles. The first-order valence-electron chi connectivity index (χ1n) is 7.24. The fraction of sp³-hybridized carbons (Fsp3) is 0. The molecule has 0 aliphatic rings. The highest BCUT2D eigenvalue weighted by Crippen LogP contribution is 2.27. The van der Waals surface area contributed by atoms with E-state index in [9.17, 15) is 9.90 Å². The molecule has 3 aromatic rings. The van der Waals surface area contributed by atoms with Crippen molar-refractivity contribution in [1.82, 2.24) is 5.32 Å². The Bertz CT molecular complexity index is 992. The SMILES string of the molecule is O=C(NC(=S)Nc1cc(Cl)ccc1O)c1cccc2c(Cl)cccc12. The van der Waals surface area contributed by atoms with Crippen LogP contribution in [-0.2, 0) is 0 Å². The third kappa shape index (κ3) is 3.85. The molecule has 1 amide bonds. The second kappa shape index (κ2) is 7.27. The molecule has 3 N–H and O–H groups in total. The molecule has 0 bridgehead atoms. The van der Waals surface area contributed by atoms with E-state index in [1.165, 1.54) is 12.1 Å². The van der Waals surface area contributed by atoms with Crippen LogP contribution in [0.3, 0.4) is 0 Å². The predicted molar refractivity (Wildman–Crippen MR) is 106 cm³/mol. The van der Waals surface area contributed by atoms with Crippen LogP contribution in [0.5, 0.6) is 5.75 Å². The van der Waals surface area contributed by atoms with Crippen molar-refractivity contribution < 1.29 is 9.90 Å². The largest absolute Gasteiger partial charge is 0.506 e. The number of benzene rings is 3. The molecule has 0 aliphatic heterocycles. The number of carbonyl (C=O) groups excluding carboxylic acids is 1. The molecule has 0 saturated carbocycles. The van der Waals surface area contributed by atoms with Crippen molar-refractivity contribution >= 4 is 62.9 Å². The Labute approximate surface area is 159 Å². The number of nitrogens with one attached hydrogen (secondary N) is 2. The number of hydrogen-bond donors (Lipinski definition) is 3. The van der Waals surface area contributed by atoms with Gasteiger partial charge in [0.15, 0.2) is 5.11 Å². The summed E-state index contributed by atoms with van der Waals surface area (Å²) in [5, 5.41) is 17.7. The summed E-state index contributed by atoms with van der Waals surface area (Å²) in [5.41, 5.74) is 0.748. The molecular weight excluding hydrogens is 379 g/mol. The second-order valence-corrected chi connectivity index (χ2v) is 6.46. The van der Waals surface area contributed by atoms with Crippen molar-refractivity contribution in [3.8, 4) is 5.75 Å². The van der Waals surface area contributed by atoms with Gasteiger partial charge in [0.1, 0.15) is 5.75 Å². The molecular formula is C18H12Cl2N2O2S. The van der Waals surface area contributed by atoms with Crippen molar-refractivity contribution in [2.24, 2.45) is 0 Å². The lowest BCUT2D eigenvalue weighted by molar-refractivity contribution is 0.0979. The number of amides is 1. The lowest BCUT2D eigenvalue weighted by atomic mass is 10.0. The van der Waals surface area contributed by atoms with Gasteiger partial charge in [-0.05, 0) is 47.9 Å². The molecule has 25 heavy (non-hydrogen) atoms. The van der Waals surface area contributed by atoms with Crippen LogP contribution in [0.4, 0.5) is 5.69 Å². The Morgan fingerprint density at radius 1 is 1.00 bits per heavy atom. The van der Waals surface area contributed by atoms with E-state index in [2.05, 4.69) is 10.6 Å². The fourth-order valence-electron chi connectivity index (χ4n) is 2.40. The number of halogens is 2. The molecule has 3 aromatic carbocycles. The third-order valence-corrected chi connectivity index (χ3v) is 4.32. The molecule has 0 unspecified atom stereocenters. The average molecular weight is 391 g/mol. The van der Waals surface area contributed by atoms with E-state index in [1.807, 2.05) is 12.1 Å². The van der Waals surface area contributed by atoms with Crippen LogP contribution >= 0.6 is 35.4 Å². The van der Waals surface area contributed by atoms with Gasteiger partial charge in [0.2, 0.25) is 0 Å². The summed E-state index contributed by atoms with van der Waals surface area (Å²) in [6, 6.07) is 15.1. The highest BCUT2D eigenvalue weighted by atomic mass is 35.5. The van der Waals surface area contributed by atoms with Crippen LogP contribution in [0.2, 0.25) is 10.0 Å². The number of fused-ring (bicyclic) bond motifs is 1. The maximum atomic E-state index is 12.6. The maximum Gasteiger partial charge on any atom is 0.258 e. The number of carbonyl (C=O) groups is 1. The Morgan fingerprint density at radius 3 is 2.52 bits per heavy atom. The Morgan fingerprint density at radius 2 is 1.72 bits per heavy atom. The van der Waals surface area contributed by atoms with Crippen LogP contribution in [0, 0.1) is 0 Å². The highest BCUT2D eigenvalue weighted by molar-refractivity contribution is 7.80. The molecule has 0 heterocycles. The minimum absolute atomic E-state index is 0.0297. The molecule has 0 spiro atoms. The van der Waals surface area contributed by atoms with E-state index < -0.39 is 0 Å². The number of thiocarbonyl (C=S) groups is 1. The molecule has 126 valence electrons. The van der Waals surface area contributed by atoms with E-state index in [0.29, 0.717) is 21.3 Å². The lowest BCUT2D eigenvalue weighted by Gasteiger charge is -2.12. The summed E-state index contributed by atoms with van der Waals surface area (Å²) < 4.78 is 0. The topological polar surface area (TPSA) is 61.4 Å². The van der Waals surface area contributed by atoms with E-state index in [0.717, 1.165) is 10.8 Å². The normalized spacial score (nSPS) is 10.5. The number of hydrogen-bond acceptors (Lipinski definition) is 3. The summed E-state index contributed by atoms with van der Waals surface area (Å²) in [5.74, 6) is -0.412. The van der Waals surface area contributed by atoms with Gasteiger partial charge in [0.25, 0.3) is 5.91 Å². The van der Waals surface area contributed by atoms with Gasteiger partial charge in [-0.25, -0.2) is 0 Å². The van der Waals surface area contributed by atoms with Crippen molar-refractivity contribution in [3.05, 3.63) is 70.2 Å². The van der Waals surface area contributed by atoms with Crippen LogP contribution in [0.25, 0.3) is 10.8 Å². The first-order valence-corrected chi connectivity index (χ1v) is 8.40. The molecule has 0 atom stereocenters. The van der Waals surface area contributed by atoms with Gasteiger partial charge in [-0.1, -0.05) is 47.5 Å². The smallest absolute Gasteiger partial charge is 0.258 e. The Kier molecular flexibility index (Phi) is 5.08. The first kappa shape index (κ1) is 17.5. The van der Waals surface area contributed by atoms with Gasteiger partial charge in [-0.2, -0.15) is 0 Å². The van der Waals surface area contributed by atoms with E-state index in [1.54, 1.807) is 30.3 Å². The number of rotatable bonds is 2. The maximum absolute atomic E-state index is 12.6. The quantitative estimate of drug-likeness (QED) is 0.426. The summed E-state index contributed by atoms with van der Waals surface area (Å²) in [6.07, 6.45) is 0. The van der Waals surface area contributed by atoms with Gasteiger partial charge < -0.3 is 10.4 Å².